The first-order valence-corrected chi connectivity index (χ1v) is 9.51. The molecule has 0 radical (unpaired) electrons. The van der Waals surface area contributed by atoms with Crippen LogP contribution >= 0.6 is 23.4 Å². The van der Waals surface area contributed by atoms with Crippen LogP contribution in [0.25, 0.3) is 10.8 Å². The van der Waals surface area contributed by atoms with Crippen LogP contribution in [0.15, 0.2) is 65.8 Å². The largest absolute Gasteiger partial charge is 0.507 e. The average molecular weight is 385 g/mol. The van der Waals surface area contributed by atoms with Gasteiger partial charge in [-0.15, -0.1) is 11.8 Å². The van der Waals surface area contributed by atoms with E-state index in [4.69, 9.17) is 11.6 Å². The van der Waals surface area contributed by atoms with Crippen molar-refractivity contribution in [1.82, 2.24) is 5.43 Å². The number of carbonyl (C=O) groups is 1. The third-order valence-corrected chi connectivity index (χ3v) is 4.96. The summed E-state index contributed by atoms with van der Waals surface area (Å²) in [5.41, 5.74) is 4.14. The smallest absolute Gasteiger partial charge is 0.250 e. The summed E-state index contributed by atoms with van der Waals surface area (Å²) < 4.78 is 0. The molecule has 0 atom stereocenters. The molecule has 26 heavy (non-hydrogen) atoms. The quantitative estimate of drug-likeness (QED) is 0.483. The zero-order valence-electron chi connectivity index (χ0n) is 13.9. The van der Waals surface area contributed by atoms with Gasteiger partial charge in [0.05, 0.1) is 12.0 Å². The highest BCUT2D eigenvalue weighted by atomic mass is 35.5. The molecule has 132 valence electrons. The molecule has 0 aliphatic carbocycles. The maximum atomic E-state index is 11.9. The Bertz CT molecular complexity index is 959. The van der Waals surface area contributed by atoms with Crippen molar-refractivity contribution in [3.63, 3.8) is 0 Å². The Kier molecular flexibility index (Phi) is 6.15. The molecule has 2 N–H and O–H groups in total. The highest BCUT2D eigenvalue weighted by Crippen LogP contribution is 2.25. The van der Waals surface area contributed by atoms with E-state index in [1.807, 2.05) is 54.6 Å². The molecular formula is C20H17ClN2O2S. The number of benzene rings is 3. The monoisotopic (exact) mass is 384 g/mol. The molecule has 3 aromatic carbocycles. The number of halogens is 1. The van der Waals surface area contributed by atoms with Crippen molar-refractivity contribution in [3.8, 4) is 5.75 Å². The lowest BCUT2D eigenvalue weighted by molar-refractivity contribution is -0.118. The summed E-state index contributed by atoms with van der Waals surface area (Å²) in [5.74, 6) is 0.901. The zero-order valence-corrected chi connectivity index (χ0v) is 15.4. The minimum absolute atomic E-state index is 0.122. The predicted octanol–water partition coefficient (Wildman–Crippen LogP) is 4.58. The van der Waals surface area contributed by atoms with Gasteiger partial charge in [-0.1, -0.05) is 54.1 Å². The third-order valence-electron chi connectivity index (χ3n) is 3.72. The summed E-state index contributed by atoms with van der Waals surface area (Å²) in [6.07, 6.45) is 1.47. The van der Waals surface area contributed by atoms with Gasteiger partial charge in [-0.2, -0.15) is 5.10 Å². The maximum absolute atomic E-state index is 11.9. The Morgan fingerprint density at radius 3 is 2.85 bits per heavy atom. The van der Waals surface area contributed by atoms with Gasteiger partial charge in [-0.25, -0.2) is 5.43 Å². The fourth-order valence-electron chi connectivity index (χ4n) is 2.51. The van der Waals surface area contributed by atoms with E-state index in [1.54, 1.807) is 6.07 Å². The van der Waals surface area contributed by atoms with Gasteiger partial charge in [0.25, 0.3) is 0 Å². The van der Waals surface area contributed by atoms with Gasteiger partial charge < -0.3 is 5.11 Å². The topological polar surface area (TPSA) is 61.7 Å². The molecule has 4 nitrogen and oxygen atoms in total. The summed E-state index contributed by atoms with van der Waals surface area (Å²) in [6, 6.07) is 18.7. The number of nitrogens with zero attached hydrogens (tertiary/aromatic N) is 1. The fraction of sp³-hybridized carbons (Fsp3) is 0.100. The number of rotatable bonds is 6. The molecule has 3 aromatic rings. The Labute approximate surface area is 160 Å². The maximum Gasteiger partial charge on any atom is 0.250 e. The summed E-state index contributed by atoms with van der Waals surface area (Å²) in [4.78, 5) is 11.9. The van der Waals surface area contributed by atoms with Gasteiger partial charge in [0.1, 0.15) is 5.75 Å². The molecule has 0 aromatic heterocycles. The number of carbonyl (C=O) groups excluding carboxylic acids is 1. The van der Waals surface area contributed by atoms with Crippen molar-refractivity contribution in [2.24, 2.45) is 5.10 Å². The molecule has 0 unspecified atom stereocenters. The van der Waals surface area contributed by atoms with Crippen molar-refractivity contribution in [2.45, 2.75) is 5.75 Å². The van der Waals surface area contributed by atoms with Crippen LogP contribution in [0.5, 0.6) is 5.75 Å². The number of hydrazone groups is 1. The number of aromatic hydroxyl groups is 1. The van der Waals surface area contributed by atoms with E-state index in [-0.39, 0.29) is 17.4 Å². The summed E-state index contributed by atoms with van der Waals surface area (Å²) in [5, 5.41) is 16.6. The molecule has 0 aliphatic heterocycles. The molecule has 0 saturated heterocycles. The van der Waals surface area contributed by atoms with E-state index in [0.717, 1.165) is 16.3 Å². The van der Waals surface area contributed by atoms with Crippen LogP contribution in [0.3, 0.4) is 0 Å². The van der Waals surface area contributed by atoms with Gasteiger partial charge in [0, 0.05) is 16.3 Å². The second-order valence-corrected chi connectivity index (χ2v) is 7.06. The molecule has 0 heterocycles. The number of thioether (sulfide) groups is 1. The second kappa shape index (κ2) is 8.74. The van der Waals surface area contributed by atoms with Crippen molar-refractivity contribution in [1.29, 1.82) is 0 Å². The van der Waals surface area contributed by atoms with Crippen LogP contribution in [-0.2, 0) is 10.5 Å². The van der Waals surface area contributed by atoms with E-state index in [9.17, 15) is 9.90 Å². The second-order valence-electron chi connectivity index (χ2n) is 5.64. The SMILES string of the molecule is O=C(CSCc1cccc(Cl)c1)N/N=C\c1c(O)ccc2ccccc12. The number of hydrogen-bond acceptors (Lipinski definition) is 4. The van der Waals surface area contributed by atoms with E-state index in [1.165, 1.54) is 18.0 Å². The summed E-state index contributed by atoms with van der Waals surface area (Å²) in [7, 11) is 0. The lowest BCUT2D eigenvalue weighted by Crippen LogP contribution is -2.19. The van der Waals surface area contributed by atoms with Crippen LogP contribution in [-0.4, -0.2) is 23.0 Å². The van der Waals surface area contributed by atoms with Gasteiger partial charge in [0.2, 0.25) is 5.91 Å². The molecule has 0 bridgehead atoms. The number of nitrogens with one attached hydrogen (secondary N) is 1. The number of fused-ring (bicyclic) bond motifs is 1. The molecular weight excluding hydrogens is 368 g/mol. The van der Waals surface area contributed by atoms with Gasteiger partial charge in [0.15, 0.2) is 0 Å². The van der Waals surface area contributed by atoms with E-state index in [0.29, 0.717) is 16.3 Å². The van der Waals surface area contributed by atoms with Gasteiger partial charge in [-0.3, -0.25) is 4.79 Å². The molecule has 0 fully saturated rings. The van der Waals surface area contributed by atoms with Crippen LogP contribution < -0.4 is 5.43 Å². The van der Waals surface area contributed by atoms with Crippen LogP contribution in [0.1, 0.15) is 11.1 Å². The number of phenolic OH excluding ortho intramolecular Hbond substituents is 1. The molecule has 3 rings (SSSR count). The Morgan fingerprint density at radius 1 is 1.15 bits per heavy atom. The zero-order chi connectivity index (χ0) is 18.4. The van der Waals surface area contributed by atoms with Crippen molar-refractivity contribution in [3.05, 3.63) is 76.8 Å². The van der Waals surface area contributed by atoms with E-state index >= 15 is 0 Å². The van der Waals surface area contributed by atoms with Crippen molar-refractivity contribution in [2.75, 3.05) is 5.75 Å². The van der Waals surface area contributed by atoms with Crippen LogP contribution in [0.2, 0.25) is 5.02 Å². The summed E-state index contributed by atoms with van der Waals surface area (Å²) >= 11 is 7.42. The van der Waals surface area contributed by atoms with Crippen LogP contribution in [0.4, 0.5) is 0 Å². The van der Waals surface area contributed by atoms with Crippen LogP contribution in [0, 0.1) is 0 Å². The first-order chi connectivity index (χ1) is 12.6. The fourth-order valence-corrected chi connectivity index (χ4v) is 3.49. The number of phenols is 1. The Balaban J connectivity index is 1.55. The van der Waals surface area contributed by atoms with Crippen molar-refractivity contribution < 1.29 is 9.90 Å². The third kappa shape index (κ3) is 4.77. The lowest BCUT2D eigenvalue weighted by atomic mass is 10.0. The first-order valence-electron chi connectivity index (χ1n) is 7.98. The average Bonchev–Trinajstić information content (AvgIpc) is 2.64. The number of hydrogen-bond donors (Lipinski definition) is 2. The molecule has 0 spiro atoms. The van der Waals surface area contributed by atoms with Gasteiger partial charge in [-0.05, 0) is 34.5 Å². The van der Waals surface area contributed by atoms with E-state index < -0.39 is 0 Å². The molecule has 6 heteroatoms. The highest BCUT2D eigenvalue weighted by molar-refractivity contribution is 7.99. The minimum Gasteiger partial charge on any atom is -0.507 e. The highest BCUT2D eigenvalue weighted by Gasteiger charge is 2.05. The number of amides is 1. The van der Waals surface area contributed by atoms with Crippen molar-refractivity contribution >= 4 is 46.3 Å². The van der Waals surface area contributed by atoms with Gasteiger partial charge >= 0.3 is 0 Å². The minimum atomic E-state index is -0.201. The molecule has 0 saturated carbocycles. The first kappa shape index (κ1) is 18.3. The Hall–Kier alpha value is -2.50. The van der Waals surface area contributed by atoms with E-state index in [2.05, 4.69) is 10.5 Å². The standard InChI is InChI=1S/C20H17ClN2O2S/c21-16-6-3-4-14(10-16)12-26-13-20(25)23-22-11-18-17-7-2-1-5-15(17)8-9-19(18)24/h1-11,24H,12-13H2,(H,23,25)/b22-11-. The molecule has 0 aliphatic rings. The normalized spacial score (nSPS) is 11.1. The Morgan fingerprint density at radius 2 is 2.00 bits per heavy atom. The predicted molar refractivity (Wildman–Crippen MR) is 109 cm³/mol. The summed E-state index contributed by atoms with van der Waals surface area (Å²) in [6.45, 7) is 0. The molecule has 1 amide bonds. The lowest BCUT2D eigenvalue weighted by Gasteiger charge is -2.05.